The van der Waals surface area contributed by atoms with Gasteiger partial charge in [0.05, 0.1) is 29.9 Å². The number of methoxy groups -OCH3 is 1. The normalized spacial score (nSPS) is 9.95. The molecule has 0 unspecified atom stereocenters. The molecule has 1 amide bonds. The first-order valence-electron chi connectivity index (χ1n) is 5.24. The average molecular weight is 262 g/mol. The first-order chi connectivity index (χ1) is 9.11. The van der Waals surface area contributed by atoms with Crippen LogP contribution >= 0.6 is 0 Å². The van der Waals surface area contributed by atoms with E-state index in [2.05, 4.69) is 15.5 Å². The van der Waals surface area contributed by atoms with Crippen LogP contribution < -0.4 is 10.1 Å². The third-order valence-electron chi connectivity index (χ3n) is 2.41. The Balaban J connectivity index is 2.29. The summed E-state index contributed by atoms with van der Waals surface area (Å²) >= 11 is 0. The quantitative estimate of drug-likeness (QED) is 0.642. The van der Waals surface area contributed by atoms with Crippen molar-refractivity contribution in [2.75, 3.05) is 12.4 Å². The number of ether oxygens (including phenoxy) is 1. The molecule has 0 aliphatic carbocycles. The minimum atomic E-state index is -0.590. The Morgan fingerprint density at radius 3 is 2.89 bits per heavy atom. The van der Waals surface area contributed by atoms with E-state index in [0.29, 0.717) is 5.75 Å². The second-order valence-corrected chi connectivity index (χ2v) is 3.58. The second-order valence-electron chi connectivity index (χ2n) is 3.58. The lowest BCUT2D eigenvalue weighted by Gasteiger charge is -2.06. The van der Waals surface area contributed by atoms with E-state index in [4.69, 9.17) is 4.74 Å². The Morgan fingerprint density at radius 2 is 2.32 bits per heavy atom. The average Bonchev–Trinajstić information content (AvgIpc) is 2.92. The number of hydrogen-bond acceptors (Lipinski definition) is 5. The zero-order valence-electron chi connectivity index (χ0n) is 9.91. The highest BCUT2D eigenvalue weighted by Gasteiger charge is 2.18. The van der Waals surface area contributed by atoms with Gasteiger partial charge in [-0.25, -0.2) is 0 Å². The third kappa shape index (κ3) is 2.68. The molecule has 0 atom stereocenters. The molecule has 0 fully saturated rings. The van der Waals surface area contributed by atoms with Gasteiger partial charge in [-0.3, -0.25) is 20.0 Å². The SMILES string of the molecule is COc1ccc(NC(=O)c2cn[nH]c2)c([N+](=O)[O-])c1. The van der Waals surface area contributed by atoms with Crippen LogP contribution in [0.25, 0.3) is 0 Å². The molecular weight excluding hydrogens is 252 g/mol. The highest BCUT2D eigenvalue weighted by atomic mass is 16.6. The molecule has 19 heavy (non-hydrogen) atoms. The van der Waals surface area contributed by atoms with Gasteiger partial charge in [0.25, 0.3) is 11.6 Å². The van der Waals surface area contributed by atoms with Gasteiger partial charge in [-0.15, -0.1) is 0 Å². The van der Waals surface area contributed by atoms with Crippen molar-refractivity contribution in [1.29, 1.82) is 0 Å². The van der Waals surface area contributed by atoms with Crippen LogP contribution in [0.3, 0.4) is 0 Å². The van der Waals surface area contributed by atoms with E-state index in [9.17, 15) is 14.9 Å². The van der Waals surface area contributed by atoms with Gasteiger partial charge < -0.3 is 10.1 Å². The molecule has 0 saturated heterocycles. The summed E-state index contributed by atoms with van der Waals surface area (Å²) in [6, 6.07) is 4.18. The van der Waals surface area contributed by atoms with Gasteiger partial charge in [0.15, 0.2) is 0 Å². The molecular formula is C11H10N4O4. The van der Waals surface area contributed by atoms with Crippen molar-refractivity contribution in [1.82, 2.24) is 10.2 Å². The monoisotopic (exact) mass is 262 g/mol. The van der Waals surface area contributed by atoms with E-state index in [1.54, 1.807) is 0 Å². The van der Waals surface area contributed by atoms with Gasteiger partial charge in [0, 0.05) is 6.20 Å². The van der Waals surface area contributed by atoms with Gasteiger partial charge >= 0.3 is 0 Å². The molecule has 0 saturated carbocycles. The maximum atomic E-state index is 11.8. The molecule has 0 aliphatic rings. The number of carbonyl (C=O) groups is 1. The molecule has 98 valence electrons. The Bertz CT molecular complexity index is 609. The number of amides is 1. The van der Waals surface area contributed by atoms with E-state index in [-0.39, 0.29) is 16.9 Å². The molecule has 0 bridgehead atoms. The van der Waals surface area contributed by atoms with Crippen LogP contribution in [0.5, 0.6) is 5.75 Å². The number of aromatic amines is 1. The van der Waals surface area contributed by atoms with E-state index < -0.39 is 10.8 Å². The molecule has 1 heterocycles. The number of benzene rings is 1. The topological polar surface area (TPSA) is 110 Å². The minimum Gasteiger partial charge on any atom is -0.496 e. The number of nitrogens with one attached hydrogen (secondary N) is 2. The Labute approximate surface area is 107 Å². The minimum absolute atomic E-state index is 0.0944. The van der Waals surface area contributed by atoms with Crippen molar-refractivity contribution < 1.29 is 14.5 Å². The van der Waals surface area contributed by atoms with Crippen molar-refractivity contribution in [3.05, 3.63) is 46.3 Å². The summed E-state index contributed by atoms with van der Waals surface area (Å²) in [7, 11) is 1.41. The van der Waals surface area contributed by atoms with Crippen LogP contribution in [-0.4, -0.2) is 28.1 Å². The molecule has 0 aliphatic heterocycles. The molecule has 2 aromatic rings. The van der Waals surface area contributed by atoms with Crippen LogP contribution in [0.15, 0.2) is 30.6 Å². The van der Waals surface area contributed by atoms with Crippen LogP contribution in [-0.2, 0) is 0 Å². The smallest absolute Gasteiger partial charge is 0.296 e. The highest BCUT2D eigenvalue weighted by Crippen LogP contribution is 2.29. The van der Waals surface area contributed by atoms with Gasteiger partial charge in [0.2, 0.25) is 0 Å². The standard InChI is InChI=1S/C11H10N4O4/c1-19-8-2-3-9(10(4-8)15(17)18)14-11(16)7-5-12-13-6-7/h2-6H,1H3,(H,12,13)(H,14,16). The van der Waals surface area contributed by atoms with Crippen molar-refractivity contribution in [3.8, 4) is 5.75 Å². The summed E-state index contributed by atoms with van der Waals surface area (Å²) in [5.41, 5.74) is 0.137. The van der Waals surface area contributed by atoms with Crippen molar-refractivity contribution in [2.45, 2.75) is 0 Å². The lowest BCUT2D eigenvalue weighted by molar-refractivity contribution is -0.384. The van der Waals surface area contributed by atoms with Gasteiger partial charge in [-0.1, -0.05) is 0 Å². The molecule has 8 nitrogen and oxygen atoms in total. The van der Waals surface area contributed by atoms with Gasteiger partial charge in [0.1, 0.15) is 11.4 Å². The number of aromatic nitrogens is 2. The van der Waals surface area contributed by atoms with E-state index >= 15 is 0 Å². The first-order valence-corrected chi connectivity index (χ1v) is 5.24. The number of hydrogen-bond donors (Lipinski definition) is 2. The second kappa shape index (κ2) is 5.17. The molecule has 8 heteroatoms. The fourth-order valence-corrected chi connectivity index (χ4v) is 1.46. The number of rotatable bonds is 4. The maximum Gasteiger partial charge on any atom is 0.296 e. The van der Waals surface area contributed by atoms with Gasteiger partial charge in [-0.05, 0) is 12.1 Å². The number of H-pyrrole nitrogens is 1. The molecule has 0 spiro atoms. The number of nitro benzene ring substituents is 1. The summed E-state index contributed by atoms with van der Waals surface area (Å²) in [5.74, 6) is -0.143. The van der Waals surface area contributed by atoms with E-state index in [1.807, 2.05) is 0 Å². The third-order valence-corrected chi connectivity index (χ3v) is 2.41. The number of nitro groups is 1. The highest BCUT2D eigenvalue weighted by molar-refractivity contribution is 6.05. The Morgan fingerprint density at radius 1 is 1.53 bits per heavy atom. The summed E-state index contributed by atoms with van der Waals surface area (Å²) in [4.78, 5) is 22.1. The van der Waals surface area contributed by atoms with E-state index in [1.165, 1.54) is 37.7 Å². The fraction of sp³-hybridized carbons (Fsp3) is 0.0909. The number of anilines is 1. The van der Waals surface area contributed by atoms with Crippen molar-refractivity contribution in [2.24, 2.45) is 0 Å². The Kier molecular flexibility index (Phi) is 3.42. The molecule has 0 radical (unpaired) electrons. The predicted molar refractivity (Wildman–Crippen MR) is 66.2 cm³/mol. The molecule has 2 rings (SSSR count). The number of carbonyl (C=O) groups excluding carboxylic acids is 1. The Hall–Kier alpha value is -2.90. The zero-order chi connectivity index (χ0) is 13.8. The lowest BCUT2D eigenvalue weighted by Crippen LogP contribution is -2.12. The molecule has 1 aromatic heterocycles. The lowest BCUT2D eigenvalue weighted by atomic mass is 10.2. The zero-order valence-corrected chi connectivity index (χ0v) is 9.91. The summed E-state index contributed by atoms with van der Waals surface area (Å²) < 4.78 is 4.91. The largest absolute Gasteiger partial charge is 0.496 e. The molecule has 2 N–H and O–H groups in total. The summed E-state index contributed by atoms with van der Waals surface area (Å²) in [6.07, 6.45) is 2.72. The fourth-order valence-electron chi connectivity index (χ4n) is 1.46. The van der Waals surface area contributed by atoms with E-state index in [0.717, 1.165) is 0 Å². The first kappa shape index (κ1) is 12.6. The van der Waals surface area contributed by atoms with Crippen LogP contribution in [0, 0.1) is 10.1 Å². The molecule has 1 aromatic carbocycles. The maximum absolute atomic E-state index is 11.8. The number of nitrogens with zero attached hydrogens (tertiary/aromatic N) is 2. The van der Waals surface area contributed by atoms with Crippen LogP contribution in [0.2, 0.25) is 0 Å². The predicted octanol–water partition coefficient (Wildman–Crippen LogP) is 1.58. The van der Waals surface area contributed by atoms with Crippen molar-refractivity contribution >= 4 is 17.3 Å². The summed E-state index contributed by atoms with van der Waals surface area (Å²) in [5, 5.41) is 19.5. The van der Waals surface area contributed by atoms with Gasteiger partial charge in [-0.2, -0.15) is 5.10 Å². The van der Waals surface area contributed by atoms with Crippen LogP contribution in [0.4, 0.5) is 11.4 Å². The van der Waals surface area contributed by atoms with Crippen molar-refractivity contribution in [3.63, 3.8) is 0 Å². The van der Waals surface area contributed by atoms with Crippen LogP contribution in [0.1, 0.15) is 10.4 Å². The summed E-state index contributed by atoms with van der Waals surface area (Å²) in [6.45, 7) is 0.